The normalized spacial score (nSPS) is 13.2. The monoisotopic (exact) mass is 614 g/mol. The molecule has 0 saturated carbocycles. The summed E-state index contributed by atoms with van der Waals surface area (Å²) in [5.41, 5.74) is 2.68. The molecule has 1 aromatic rings. The minimum absolute atomic E-state index is 0.0387. The first kappa shape index (κ1) is 40.9. The minimum atomic E-state index is -0.374. The molecule has 41 heavy (non-hydrogen) atoms. The number of hydrogen-bond donors (Lipinski definition) is 3. The Kier molecular flexibility index (Phi) is 24.4. The Labute approximate surface area is 258 Å². The van der Waals surface area contributed by atoms with E-state index in [9.17, 15) is 14.0 Å². The van der Waals surface area contributed by atoms with Crippen molar-refractivity contribution in [1.29, 1.82) is 0 Å². The van der Waals surface area contributed by atoms with E-state index in [1.807, 2.05) is 32.9 Å². The predicted molar refractivity (Wildman–Crippen MR) is 175 cm³/mol. The molecule has 1 unspecified atom stereocenters. The van der Waals surface area contributed by atoms with Crippen LogP contribution < -0.4 is 16.0 Å². The fourth-order valence-electron chi connectivity index (χ4n) is 3.33. The predicted octanol–water partition coefficient (Wildman–Crippen LogP) is 7.41. The zero-order chi connectivity index (χ0) is 31.8. The highest BCUT2D eigenvalue weighted by atomic mass is 35.5. The van der Waals surface area contributed by atoms with Crippen molar-refractivity contribution >= 4 is 36.0 Å². The van der Waals surface area contributed by atoms with Gasteiger partial charge in [0.05, 0.1) is 5.02 Å². The van der Waals surface area contributed by atoms with Crippen LogP contribution in [0, 0.1) is 11.2 Å². The molecule has 0 aliphatic heterocycles. The Morgan fingerprint density at radius 1 is 1.05 bits per heavy atom. The van der Waals surface area contributed by atoms with Crippen LogP contribution in [0.5, 0.6) is 0 Å². The van der Waals surface area contributed by atoms with Crippen LogP contribution >= 0.6 is 23.2 Å². The van der Waals surface area contributed by atoms with E-state index >= 15 is 0 Å². The van der Waals surface area contributed by atoms with E-state index in [1.165, 1.54) is 6.07 Å². The van der Waals surface area contributed by atoms with Gasteiger partial charge in [-0.2, -0.15) is 0 Å². The van der Waals surface area contributed by atoms with Crippen molar-refractivity contribution in [2.24, 2.45) is 5.41 Å². The molecule has 1 atom stereocenters. The van der Waals surface area contributed by atoms with Crippen molar-refractivity contribution in [3.05, 3.63) is 69.1 Å². The zero-order valence-corrected chi connectivity index (χ0v) is 28.1. The van der Waals surface area contributed by atoms with Gasteiger partial charge in [0.15, 0.2) is 0 Å². The summed E-state index contributed by atoms with van der Waals surface area (Å²) in [5, 5.41) is 9.29. The summed E-state index contributed by atoms with van der Waals surface area (Å²) in [5.74, 6) is -0.412. The number of rotatable bonds is 13. The molecule has 6 nitrogen and oxygen atoms in total. The van der Waals surface area contributed by atoms with Gasteiger partial charge in [-0.1, -0.05) is 110 Å². The quantitative estimate of drug-likeness (QED) is 0.160. The minimum Gasteiger partial charge on any atom is -0.357 e. The number of carbonyl (C=O) groups is 2. The average molecular weight is 616 g/mol. The standard InChI is InChI=1S/C18H19Cl2FN2O.C7H16N2O.C5H12.C2H6/c1-12(15-6-3-7-16(20)18(15)21)9-22-10-13-4-2-5-14(19)8-17(13)23-11-24;1-3-9(4-2)6-5-8-7-10;1-5(2,3)4;1-2/h3-8,11-12,22H,2,9-10H2,1H3,(H,23,24);7H,3-6H2,1-2H3,(H,8,10);1-4H3;1-2H3. The number of amides is 2. The molecule has 1 aromatic carbocycles. The largest absolute Gasteiger partial charge is 0.357 e. The van der Waals surface area contributed by atoms with Crippen molar-refractivity contribution in [2.45, 2.75) is 74.7 Å². The zero-order valence-electron chi connectivity index (χ0n) is 26.5. The first-order valence-corrected chi connectivity index (χ1v) is 15.1. The van der Waals surface area contributed by atoms with Crippen LogP contribution in [0.1, 0.15) is 80.2 Å². The maximum absolute atomic E-state index is 14.0. The third-order valence-corrected chi connectivity index (χ3v) is 5.90. The summed E-state index contributed by atoms with van der Waals surface area (Å²) in [4.78, 5) is 22.9. The van der Waals surface area contributed by atoms with E-state index in [0.717, 1.165) is 38.2 Å². The first-order chi connectivity index (χ1) is 19.4. The summed E-state index contributed by atoms with van der Waals surface area (Å²) < 4.78 is 14.0. The molecular weight excluding hydrogens is 562 g/mol. The number of likely N-dealkylation sites (N-methyl/N-ethyl adjacent to an activating group) is 1. The maximum Gasteiger partial charge on any atom is 0.211 e. The Morgan fingerprint density at radius 3 is 2.20 bits per heavy atom. The topological polar surface area (TPSA) is 73.5 Å². The van der Waals surface area contributed by atoms with E-state index in [1.54, 1.807) is 18.2 Å². The van der Waals surface area contributed by atoms with Gasteiger partial charge in [-0.25, -0.2) is 4.39 Å². The Hall–Kier alpha value is -2.19. The number of nitrogens with one attached hydrogen (secondary N) is 3. The van der Waals surface area contributed by atoms with E-state index < -0.39 is 0 Å². The van der Waals surface area contributed by atoms with E-state index in [4.69, 9.17) is 23.2 Å². The Morgan fingerprint density at radius 2 is 1.66 bits per heavy atom. The van der Waals surface area contributed by atoms with E-state index in [-0.39, 0.29) is 16.8 Å². The SMILES string of the molecule is CC.CC(C)(C)C.CC(CNCC1=CCC=C(Cl)C=C1NC=O)c1cccc(Cl)c1F.CCN(CC)CCNC=O. The van der Waals surface area contributed by atoms with Gasteiger partial charge in [-0.3, -0.25) is 9.59 Å². The molecule has 0 saturated heterocycles. The molecule has 0 fully saturated rings. The molecular formula is C32H53Cl2FN4O2. The highest BCUT2D eigenvalue weighted by Crippen LogP contribution is 2.24. The van der Waals surface area contributed by atoms with Gasteiger partial charge in [0.25, 0.3) is 0 Å². The first-order valence-electron chi connectivity index (χ1n) is 14.4. The van der Waals surface area contributed by atoms with E-state index in [0.29, 0.717) is 47.6 Å². The van der Waals surface area contributed by atoms with Crippen LogP contribution in [0.2, 0.25) is 5.02 Å². The second kappa shape index (κ2) is 24.4. The van der Waals surface area contributed by atoms with Crippen LogP contribution in [-0.4, -0.2) is 57.0 Å². The molecule has 0 spiro atoms. The smallest absolute Gasteiger partial charge is 0.211 e. The van der Waals surface area contributed by atoms with Crippen molar-refractivity contribution in [3.63, 3.8) is 0 Å². The lowest BCUT2D eigenvalue weighted by Crippen LogP contribution is -2.31. The fourth-order valence-corrected chi connectivity index (χ4v) is 3.71. The molecule has 3 N–H and O–H groups in total. The second-order valence-corrected chi connectivity index (χ2v) is 11.5. The van der Waals surface area contributed by atoms with Crippen molar-refractivity contribution < 1.29 is 14.0 Å². The molecule has 2 amide bonds. The molecule has 9 heteroatoms. The van der Waals surface area contributed by atoms with Crippen molar-refractivity contribution in [3.8, 4) is 0 Å². The molecule has 1 aliphatic rings. The average Bonchev–Trinajstić information content (AvgIpc) is 3.09. The fraction of sp³-hybridized carbons (Fsp3) is 0.562. The molecule has 0 aromatic heterocycles. The molecule has 2 rings (SSSR count). The van der Waals surface area contributed by atoms with Crippen molar-refractivity contribution in [1.82, 2.24) is 20.9 Å². The summed E-state index contributed by atoms with van der Waals surface area (Å²) in [6, 6.07) is 5.02. The van der Waals surface area contributed by atoms with Crippen LogP contribution in [0.25, 0.3) is 0 Å². The number of nitrogens with zero attached hydrogens (tertiary/aromatic N) is 1. The third kappa shape index (κ3) is 21.2. The number of benzene rings is 1. The summed E-state index contributed by atoms with van der Waals surface area (Å²) in [7, 11) is 0. The number of carbonyl (C=O) groups excluding carboxylic acids is 2. The van der Waals surface area contributed by atoms with Crippen LogP contribution in [-0.2, 0) is 9.59 Å². The van der Waals surface area contributed by atoms with E-state index in [2.05, 4.69) is 62.4 Å². The lowest BCUT2D eigenvalue weighted by atomic mass is 10.0. The Bertz CT molecular complexity index is 950. The highest BCUT2D eigenvalue weighted by Gasteiger charge is 2.14. The van der Waals surface area contributed by atoms with Crippen LogP contribution in [0.4, 0.5) is 4.39 Å². The third-order valence-electron chi connectivity index (χ3n) is 5.35. The second-order valence-electron chi connectivity index (χ2n) is 10.6. The van der Waals surface area contributed by atoms with Crippen molar-refractivity contribution in [2.75, 3.05) is 39.3 Å². The van der Waals surface area contributed by atoms with Gasteiger partial charge in [0.1, 0.15) is 5.82 Å². The molecule has 0 radical (unpaired) electrons. The lowest BCUT2D eigenvalue weighted by Gasteiger charge is -2.16. The molecule has 1 aliphatic carbocycles. The van der Waals surface area contributed by atoms with Crippen LogP contribution in [0.3, 0.4) is 0 Å². The number of allylic oxidation sites excluding steroid dienone is 4. The van der Waals surface area contributed by atoms with Gasteiger partial charge >= 0.3 is 0 Å². The molecule has 0 heterocycles. The van der Waals surface area contributed by atoms with Crippen LogP contribution in [0.15, 0.2) is 52.7 Å². The lowest BCUT2D eigenvalue weighted by molar-refractivity contribution is -0.110. The maximum atomic E-state index is 14.0. The highest BCUT2D eigenvalue weighted by molar-refractivity contribution is 6.31. The van der Waals surface area contributed by atoms with Gasteiger partial charge < -0.3 is 20.9 Å². The van der Waals surface area contributed by atoms with Gasteiger partial charge in [0.2, 0.25) is 12.8 Å². The summed E-state index contributed by atoms with van der Waals surface area (Å²) >= 11 is 11.9. The van der Waals surface area contributed by atoms with Gasteiger partial charge in [0, 0.05) is 36.9 Å². The number of halogens is 3. The summed E-state index contributed by atoms with van der Waals surface area (Å²) in [6.45, 7) is 23.8. The Balaban J connectivity index is 0. The number of hydrogen-bond acceptors (Lipinski definition) is 4. The van der Waals surface area contributed by atoms with Gasteiger partial charge in [-0.15, -0.1) is 0 Å². The summed E-state index contributed by atoms with van der Waals surface area (Å²) in [6.07, 6.45) is 7.63. The molecule has 0 bridgehead atoms. The molecule has 234 valence electrons. The van der Waals surface area contributed by atoms with Gasteiger partial charge in [-0.05, 0) is 54.1 Å².